The number of pyridine rings is 1. The predicted molar refractivity (Wildman–Crippen MR) is 87.1 cm³/mol. The van der Waals surface area contributed by atoms with E-state index in [0.29, 0.717) is 18.2 Å². The molecule has 0 N–H and O–H groups in total. The lowest BCUT2D eigenvalue weighted by molar-refractivity contribution is -0.111. The summed E-state index contributed by atoms with van der Waals surface area (Å²) in [5.74, 6) is 1.25. The lowest BCUT2D eigenvalue weighted by Crippen LogP contribution is -2.31. The van der Waals surface area contributed by atoms with Gasteiger partial charge in [-0.15, -0.1) is 0 Å². The number of imidazole rings is 1. The predicted octanol–water partition coefficient (Wildman–Crippen LogP) is 2.15. The van der Waals surface area contributed by atoms with Crippen molar-refractivity contribution in [2.45, 2.75) is 39.2 Å². The molecule has 1 saturated heterocycles. The third-order valence-corrected chi connectivity index (χ3v) is 4.34. The van der Waals surface area contributed by atoms with Gasteiger partial charge in [0, 0.05) is 19.3 Å². The molecule has 0 aromatic carbocycles. The second kappa shape index (κ2) is 6.24. The fraction of sp³-hybridized carbons (Fsp3) is 0.471. The number of rotatable bonds is 4. The monoisotopic (exact) mass is 328 g/mol. The number of hydrogen-bond donors (Lipinski definition) is 0. The lowest BCUT2D eigenvalue weighted by Gasteiger charge is -2.26. The minimum atomic E-state index is -0.617. The van der Waals surface area contributed by atoms with Crippen molar-refractivity contribution in [2.75, 3.05) is 18.0 Å². The summed E-state index contributed by atoms with van der Waals surface area (Å²) >= 11 is 0. The quantitative estimate of drug-likeness (QED) is 0.856. The van der Waals surface area contributed by atoms with Crippen molar-refractivity contribution in [3.05, 3.63) is 35.9 Å². The first kappa shape index (κ1) is 15.1. The molecule has 0 saturated carbocycles. The number of nitrogens with zero attached hydrogens (tertiary/aromatic N) is 4. The molecule has 7 nitrogen and oxygen atoms in total. The average molecular weight is 328 g/mol. The smallest absolute Gasteiger partial charge is 0.228 e. The number of aromatic nitrogens is 3. The van der Waals surface area contributed by atoms with Crippen molar-refractivity contribution >= 4 is 11.6 Å². The summed E-state index contributed by atoms with van der Waals surface area (Å²) in [6.07, 6.45) is 5.50. The molecular weight excluding hydrogens is 308 g/mol. The summed E-state index contributed by atoms with van der Waals surface area (Å²) in [7, 11) is 0. The van der Waals surface area contributed by atoms with Crippen LogP contribution < -0.4 is 9.64 Å². The van der Waals surface area contributed by atoms with Gasteiger partial charge in [0.05, 0.1) is 24.0 Å². The van der Waals surface area contributed by atoms with Crippen LogP contribution in [0.15, 0.2) is 24.7 Å². The van der Waals surface area contributed by atoms with E-state index in [-0.39, 0.29) is 12.2 Å². The van der Waals surface area contributed by atoms with Gasteiger partial charge in [0.1, 0.15) is 12.5 Å². The van der Waals surface area contributed by atoms with E-state index in [4.69, 9.17) is 9.47 Å². The van der Waals surface area contributed by atoms with Crippen LogP contribution in [0.2, 0.25) is 0 Å². The average Bonchev–Trinajstić information content (AvgIpc) is 3.24. The normalized spacial score (nSPS) is 20.1. The van der Waals surface area contributed by atoms with Crippen LogP contribution >= 0.6 is 0 Å². The molecule has 4 rings (SSSR count). The molecule has 1 unspecified atom stereocenters. The fourth-order valence-corrected chi connectivity index (χ4v) is 3.09. The van der Waals surface area contributed by atoms with E-state index in [1.807, 2.05) is 29.8 Å². The van der Waals surface area contributed by atoms with E-state index in [9.17, 15) is 4.79 Å². The highest BCUT2D eigenvalue weighted by Gasteiger charge is 2.29. The molecule has 0 spiro atoms. The van der Waals surface area contributed by atoms with E-state index in [1.54, 1.807) is 6.33 Å². The standard InChI is InChI=1S/C17H20N4O3/c1-12-9-20(10-18-12)11-23-16-8-14(22)13-4-5-15(19-17(13)24-16)21-6-2-3-7-21/h4-5,9-10,16H,2-3,6-8,11H2,1H3. The van der Waals surface area contributed by atoms with Crippen LogP contribution in [0.1, 0.15) is 35.3 Å². The number of anilines is 1. The van der Waals surface area contributed by atoms with E-state index < -0.39 is 6.29 Å². The van der Waals surface area contributed by atoms with Crippen molar-refractivity contribution in [1.82, 2.24) is 14.5 Å². The summed E-state index contributed by atoms with van der Waals surface area (Å²) in [5.41, 5.74) is 1.46. The van der Waals surface area contributed by atoms with Gasteiger partial charge in [0.15, 0.2) is 5.78 Å². The van der Waals surface area contributed by atoms with E-state index in [1.165, 1.54) is 12.8 Å². The third-order valence-electron chi connectivity index (χ3n) is 4.34. The molecule has 24 heavy (non-hydrogen) atoms. The topological polar surface area (TPSA) is 69.5 Å². The minimum absolute atomic E-state index is 0.00327. The molecule has 1 atom stereocenters. The highest BCUT2D eigenvalue weighted by Crippen LogP contribution is 2.30. The van der Waals surface area contributed by atoms with Gasteiger partial charge in [-0.05, 0) is 31.9 Å². The Balaban J connectivity index is 1.47. The molecule has 2 aliphatic rings. The first-order chi connectivity index (χ1) is 11.7. The van der Waals surface area contributed by atoms with Crippen LogP contribution in [0, 0.1) is 6.92 Å². The number of carbonyl (C=O) groups is 1. The Hall–Kier alpha value is -2.41. The maximum atomic E-state index is 12.3. The first-order valence-corrected chi connectivity index (χ1v) is 8.25. The maximum Gasteiger partial charge on any atom is 0.228 e. The zero-order valence-corrected chi connectivity index (χ0v) is 13.6. The highest BCUT2D eigenvalue weighted by atomic mass is 16.7. The van der Waals surface area contributed by atoms with Gasteiger partial charge in [-0.2, -0.15) is 4.98 Å². The number of ether oxygens (including phenoxy) is 2. The summed E-state index contributed by atoms with van der Waals surface area (Å²) in [6, 6.07) is 3.72. The molecule has 126 valence electrons. The van der Waals surface area contributed by atoms with Crippen molar-refractivity contribution < 1.29 is 14.3 Å². The van der Waals surface area contributed by atoms with Crippen molar-refractivity contribution in [1.29, 1.82) is 0 Å². The molecular formula is C17H20N4O3. The lowest BCUT2D eigenvalue weighted by atomic mass is 10.1. The number of aryl methyl sites for hydroxylation is 1. The molecule has 2 aromatic heterocycles. The fourth-order valence-electron chi connectivity index (χ4n) is 3.09. The molecule has 1 fully saturated rings. The molecule has 2 aliphatic heterocycles. The number of carbonyl (C=O) groups excluding carboxylic acids is 1. The van der Waals surface area contributed by atoms with E-state index in [0.717, 1.165) is 24.6 Å². The Morgan fingerprint density at radius 1 is 1.33 bits per heavy atom. The van der Waals surface area contributed by atoms with Crippen molar-refractivity contribution in [2.24, 2.45) is 0 Å². The molecule has 0 radical (unpaired) electrons. The Bertz CT molecular complexity index is 752. The van der Waals surface area contributed by atoms with Gasteiger partial charge in [0.25, 0.3) is 0 Å². The Morgan fingerprint density at radius 3 is 2.92 bits per heavy atom. The van der Waals surface area contributed by atoms with E-state index >= 15 is 0 Å². The summed E-state index contributed by atoms with van der Waals surface area (Å²) in [5, 5.41) is 0. The van der Waals surface area contributed by atoms with Gasteiger partial charge < -0.3 is 18.9 Å². The second-order valence-corrected chi connectivity index (χ2v) is 6.22. The first-order valence-electron chi connectivity index (χ1n) is 8.25. The molecule has 4 heterocycles. The summed E-state index contributed by atoms with van der Waals surface area (Å²) in [4.78, 5) is 23.2. The Labute approximate surface area is 140 Å². The van der Waals surface area contributed by atoms with Crippen molar-refractivity contribution in [3.63, 3.8) is 0 Å². The van der Waals surface area contributed by atoms with Crippen LogP contribution in [0.5, 0.6) is 5.88 Å². The second-order valence-electron chi connectivity index (χ2n) is 6.22. The van der Waals surface area contributed by atoms with Gasteiger partial charge in [-0.25, -0.2) is 4.98 Å². The number of fused-ring (bicyclic) bond motifs is 1. The van der Waals surface area contributed by atoms with Crippen LogP contribution in [0.4, 0.5) is 5.82 Å². The van der Waals surface area contributed by atoms with Crippen LogP contribution in [-0.4, -0.2) is 39.7 Å². The third kappa shape index (κ3) is 2.99. The zero-order chi connectivity index (χ0) is 16.5. The maximum absolute atomic E-state index is 12.3. The van der Waals surface area contributed by atoms with Gasteiger partial charge in [-0.3, -0.25) is 4.79 Å². The van der Waals surface area contributed by atoms with Crippen LogP contribution in [-0.2, 0) is 11.5 Å². The molecule has 2 aromatic rings. The molecule has 0 amide bonds. The van der Waals surface area contributed by atoms with E-state index in [2.05, 4.69) is 14.9 Å². The Morgan fingerprint density at radius 2 is 2.17 bits per heavy atom. The van der Waals surface area contributed by atoms with Crippen LogP contribution in [0.3, 0.4) is 0 Å². The minimum Gasteiger partial charge on any atom is -0.447 e. The number of ketones is 1. The van der Waals surface area contributed by atoms with Gasteiger partial charge >= 0.3 is 0 Å². The Kier molecular flexibility index (Phi) is 3.93. The molecule has 0 bridgehead atoms. The highest BCUT2D eigenvalue weighted by molar-refractivity contribution is 5.99. The van der Waals surface area contributed by atoms with Gasteiger partial charge in [-0.1, -0.05) is 0 Å². The summed E-state index contributed by atoms with van der Waals surface area (Å²) < 4.78 is 13.3. The summed E-state index contributed by atoms with van der Waals surface area (Å²) in [6.45, 7) is 4.20. The SMILES string of the molecule is Cc1cn(COC2CC(=O)c3ccc(N4CCCC4)nc3O2)cn1. The largest absolute Gasteiger partial charge is 0.447 e. The molecule has 7 heteroatoms. The number of Topliss-reactive ketones (excluding diaryl/α,β-unsaturated/α-hetero) is 1. The van der Waals surface area contributed by atoms with Gasteiger partial charge in [0.2, 0.25) is 12.2 Å². The molecule has 0 aliphatic carbocycles. The van der Waals surface area contributed by atoms with Crippen LogP contribution in [0.25, 0.3) is 0 Å². The van der Waals surface area contributed by atoms with Crippen molar-refractivity contribution in [3.8, 4) is 5.88 Å². The zero-order valence-electron chi connectivity index (χ0n) is 13.6. The number of hydrogen-bond acceptors (Lipinski definition) is 6.